The number of benzene rings is 1. The van der Waals surface area contributed by atoms with Crippen molar-refractivity contribution in [2.45, 2.75) is 57.1 Å². The van der Waals surface area contributed by atoms with E-state index in [-0.39, 0.29) is 0 Å². The lowest BCUT2D eigenvalue weighted by Crippen LogP contribution is -2.38. The number of fused-ring (bicyclic) bond motifs is 1. The summed E-state index contributed by atoms with van der Waals surface area (Å²) < 4.78 is 5.66. The van der Waals surface area contributed by atoms with Crippen molar-refractivity contribution in [2.75, 3.05) is 13.7 Å². The molecule has 1 fully saturated rings. The Labute approximate surface area is 122 Å². The normalized spacial score (nSPS) is 29.2. The summed E-state index contributed by atoms with van der Waals surface area (Å²) in [6.45, 7) is 2.96. The molecule has 20 heavy (non-hydrogen) atoms. The van der Waals surface area contributed by atoms with Gasteiger partial charge in [-0.3, -0.25) is 0 Å². The van der Waals surface area contributed by atoms with Crippen molar-refractivity contribution in [3.63, 3.8) is 0 Å². The molecule has 2 atom stereocenters. The second-order valence-corrected chi connectivity index (χ2v) is 6.47. The zero-order chi connectivity index (χ0) is 13.9. The van der Waals surface area contributed by atoms with E-state index in [0.29, 0.717) is 12.1 Å². The molecule has 1 aromatic carbocycles. The molecule has 2 unspecified atom stereocenters. The van der Waals surface area contributed by atoms with E-state index in [0.717, 1.165) is 18.4 Å². The van der Waals surface area contributed by atoms with Crippen LogP contribution in [0.3, 0.4) is 0 Å². The fraction of sp³-hybridized carbons (Fsp3) is 0.667. The smallest absolute Gasteiger partial charge is 0.0580 e. The van der Waals surface area contributed by atoms with Crippen LogP contribution in [0.25, 0.3) is 0 Å². The first-order valence-corrected chi connectivity index (χ1v) is 8.16. The van der Waals surface area contributed by atoms with Crippen molar-refractivity contribution in [2.24, 2.45) is 5.92 Å². The summed E-state index contributed by atoms with van der Waals surface area (Å²) in [5, 5.41) is 3.54. The first-order chi connectivity index (χ1) is 9.80. The van der Waals surface area contributed by atoms with Crippen LogP contribution in [0.5, 0.6) is 0 Å². The molecular weight excluding hydrogens is 246 g/mol. The van der Waals surface area contributed by atoms with Gasteiger partial charge >= 0.3 is 0 Å². The Morgan fingerprint density at radius 1 is 1.25 bits per heavy atom. The number of rotatable bonds is 7. The third kappa shape index (κ3) is 2.91. The van der Waals surface area contributed by atoms with Gasteiger partial charge in [-0.15, -0.1) is 0 Å². The minimum atomic E-state index is 0.548. The van der Waals surface area contributed by atoms with Gasteiger partial charge in [-0.1, -0.05) is 24.3 Å². The molecule has 1 N–H and O–H groups in total. The zero-order valence-electron chi connectivity index (χ0n) is 12.8. The standard InChI is InChI=1S/C18H27NO/c1-3-20-17-9-13(10-17)8-16(19-2)12-15-11-14-6-4-5-7-18(14)15/h4-7,13,15-17,19H,3,8-12H2,1-2H3. The van der Waals surface area contributed by atoms with Gasteiger partial charge in [0.2, 0.25) is 0 Å². The minimum absolute atomic E-state index is 0.548. The van der Waals surface area contributed by atoms with Crippen LogP contribution in [0.2, 0.25) is 0 Å². The lowest BCUT2D eigenvalue weighted by Gasteiger charge is -2.39. The van der Waals surface area contributed by atoms with Crippen molar-refractivity contribution < 1.29 is 4.74 Å². The highest BCUT2D eigenvalue weighted by Crippen LogP contribution is 2.40. The first-order valence-electron chi connectivity index (χ1n) is 8.16. The molecule has 2 aliphatic rings. The molecule has 0 heterocycles. The van der Waals surface area contributed by atoms with Crippen molar-refractivity contribution in [1.82, 2.24) is 5.32 Å². The van der Waals surface area contributed by atoms with E-state index in [1.165, 1.54) is 32.1 Å². The highest BCUT2D eigenvalue weighted by Gasteiger charge is 2.33. The third-order valence-electron chi connectivity index (χ3n) is 5.15. The maximum atomic E-state index is 5.66. The average molecular weight is 273 g/mol. The van der Waals surface area contributed by atoms with Crippen LogP contribution in [-0.4, -0.2) is 25.8 Å². The van der Waals surface area contributed by atoms with E-state index >= 15 is 0 Å². The lowest BCUT2D eigenvalue weighted by atomic mass is 9.71. The Morgan fingerprint density at radius 2 is 2.05 bits per heavy atom. The van der Waals surface area contributed by atoms with Crippen molar-refractivity contribution in [3.8, 4) is 0 Å². The molecule has 1 aromatic rings. The number of hydrogen-bond donors (Lipinski definition) is 1. The highest BCUT2D eigenvalue weighted by molar-refractivity contribution is 5.39. The van der Waals surface area contributed by atoms with E-state index in [1.54, 1.807) is 11.1 Å². The van der Waals surface area contributed by atoms with Gasteiger partial charge in [-0.05, 0) is 69.0 Å². The van der Waals surface area contributed by atoms with Gasteiger partial charge in [0.1, 0.15) is 0 Å². The van der Waals surface area contributed by atoms with Crippen LogP contribution in [0.4, 0.5) is 0 Å². The Hall–Kier alpha value is -0.860. The van der Waals surface area contributed by atoms with E-state index in [9.17, 15) is 0 Å². The Balaban J connectivity index is 1.45. The summed E-state index contributed by atoms with van der Waals surface area (Å²) in [6, 6.07) is 9.59. The molecule has 0 amide bonds. The van der Waals surface area contributed by atoms with Crippen LogP contribution in [0, 0.1) is 5.92 Å². The molecule has 0 bridgehead atoms. The lowest BCUT2D eigenvalue weighted by molar-refractivity contribution is -0.0292. The summed E-state index contributed by atoms with van der Waals surface area (Å²) in [5.41, 5.74) is 3.15. The van der Waals surface area contributed by atoms with Gasteiger partial charge in [0.05, 0.1) is 6.10 Å². The Kier molecular flexibility index (Phi) is 4.42. The molecule has 3 rings (SSSR count). The van der Waals surface area contributed by atoms with Gasteiger partial charge in [-0.2, -0.15) is 0 Å². The second kappa shape index (κ2) is 6.28. The van der Waals surface area contributed by atoms with Crippen LogP contribution < -0.4 is 5.32 Å². The molecule has 2 nitrogen and oxygen atoms in total. The molecule has 0 aromatic heterocycles. The first kappa shape index (κ1) is 14.1. The number of ether oxygens (including phenoxy) is 1. The summed E-state index contributed by atoms with van der Waals surface area (Å²) >= 11 is 0. The molecule has 2 heteroatoms. The molecular formula is C18H27NO. The monoisotopic (exact) mass is 273 g/mol. The summed E-state index contributed by atoms with van der Waals surface area (Å²) in [4.78, 5) is 0. The molecule has 0 aliphatic heterocycles. The molecule has 1 saturated carbocycles. The maximum absolute atomic E-state index is 5.66. The van der Waals surface area contributed by atoms with Gasteiger partial charge in [0.25, 0.3) is 0 Å². The fourth-order valence-electron chi connectivity index (χ4n) is 3.89. The van der Waals surface area contributed by atoms with Gasteiger partial charge < -0.3 is 10.1 Å². The van der Waals surface area contributed by atoms with Gasteiger partial charge in [0.15, 0.2) is 0 Å². The highest BCUT2D eigenvalue weighted by atomic mass is 16.5. The molecule has 0 saturated heterocycles. The summed E-state index contributed by atoms with van der Waals surface area (Å²) in [6.07, 6.45) is 6.98. The summed E-state index contributed by atoms with van der Waals surface area (Å²) in [7, 11) is 2.12. The molecule has 110 valence electrons. The molecule has 2 aliphatic carbocycles. The molecule has 0 spiro atoms. The van der Waals surface area contributed by atoms with Crippen LogP contribution in [-0.2, 0) is 11.2 Å². The van der Waals surface area contributed by atoms with E-state index in [2.05, 4.69) is 43.6 Å². The fourth-order valence-corrected chi connectivity index (χ4v) is 3.89. The average Bonchev–Trinajstić information content (AvgIpc) is 2.40. The SMILES string of the molecule is CCOC1CC(CC(CC2Cc3ccccc32)NC)C1. The van der Waals surface area contributed by atoms with Gasteiger partial charge in [0, 0.05) is 12.6 Å². The van der Waals surface area contributed by atoms with Crippen LogP contribution in [0.15, 0.2) is 24.3 Å². The second-order valence-electron chi connectivity index (χ2n) is 6.47. The third-order valence-corrected chi connectivity index (χ3v) is 5.15. The van der Waals surface area contributed by atoms with Crippen LogP contribution in [0.1, 0.15) is 49.7 Å². The summed E-state index contributed by atoms with van der Waals surface area (Å²) in [5.74, 6) is 1.66. The largest absolute Gasteiger partial charge is 0.378 e. The van der Waals surface area contributed by atoms with Crippen molar-refractivity contribution >= 4 is 0 Å². The predicted octanol–water partition coefficient (Wildman–Crippen LogP) is 3.51. The van der Waals surface area contributed by atoms with Crippen LogP contribution >= 0.6 is 0 Å². The Bertz CT molecular complexity index is 439. The minimum Gasteiger partial charge on any atom is -0.378 e. The van der Waals surface area contributed by atoms with E-state index < -0.39 is 0 Å². The zero-order valence-corrected chi connectivity index (χ0v) is 12.8. The topological polar surface area (TPSA) is 21.3 Å². The van der Waals surface area contributed by atoms with Gasteiger partial charge in [-0.25, -0.2) is 0 Å². The van der Waals surface area contributed by atoms with Crippen molar-refractivity contribution in [3.05, 3.63) is 35.4 Å². The predicted molar refractivity (Wildman–Crippen MR) is 83.1 cm³/mol. The molecule has 0 radical (unpaired) electrons. The number of nitrogens with one attached hydrogen (secondary N) is 1. The quantitative estimate of drug-likeness (QED) is 0.821. The number of hydrogen-bond acceptors (Lipinski definition) is 2. The maximum Gasteiger partial charge on any atom is 0.0580 e. The van der Waals surface area contributed by atoms with E-state index in [4.69, 9.17) is 4.74 Å². The van der Waals surface area contributed by atoms with Crippen molar-refractivity contribution in [1.29, 1.82) is 0 Å². The van der Waals surface area contributed by atoms with E-state index in [1.807, 2.05) is 0 Å². The Morgan fingerprint density at radius 3 is 2.75 bits per heavy atom.